The standard InChI is InChI=1S/C9H16ClNO3/c1-4-6(2)8(12)11-5-7(10)9(13)14-3/h6-7H,4-5H2,1-3H3,(H,11,12). The Balaban J connectivity index is 3.82. The first-order valence-electron chi connectivity index (χ1n) is 4.52. The lowest BCUT2D eigenvalue weighted by Gasteiger charge is -2.11. The number of alkyl halides is 1. The molecule has 0 aliphatic rings. The first kappa shape index (κ1) is 13.2. The second-order valence-electron chi connectivity index (χ2n) is 3.05. The van der Waals surface area contributed by atoms with Crippen LogP contribution in [0.1, 0.15) is 20.3 Å². The van der Waals surface area contributed by atoms with Crippen molar-refractivity contribution in [2.24, 2.45) is 5.92 Å². The summed E-state index contributed by atoms with van der Waals surface area (Å²) < 4.78 is 4.41. The highest BCUT2D eigenvalue weighted by molar-refractivity contribution is 6.30. The van der Waals surface area contributed by atoms with Crippen LogP contribution in [0.25, 0.3) is 0 Å². The van der Waals surface area contributed by atoms with Crippen LogP contribution in [0.5, 0.6) is 0 Å². The molecular formula is C9H16ClNO3. The van der Waals surface area contributed by atoms with Gasteiger partial charge in [0.2, 0.25) is 5.91 Å². The third-order valence-corrected chi connectivity index (χ3v) is 2.30. The van der Waals surface area contributed by atoms with Gasteiger partial charge in [0.1, 0.15) is 5.38 Å². The number of rotatable bonds is 5. The van der Waals surface area contributed by atoms with Crippen molar-refractivity contribution in [2.75, 3.05) is 13.7 Å². The van der Waals surface area contributed by atoms with Gasteiger partial charge in [0.05, 0.1) is 7.11 Å². The van der Waals surface area contributed by atoms with Crippen LogP contribution >= 0.6 is 11.6 Å². The lowest BCUT2D eigenvalue weighted by atomic mass is 10.1. The van der Waals surface area contributed by atoms with Gasteiger partial charge in [-0.15, -0.1) is 11.6 Å². The molecule has 0 fully saturated rings. The molecule has 0 saturated heterocycles. The minimum Gasteiger partial charge on any atom is -0.468 e. The van der Waals surface area contributed by atoms with Crippen LogP contribution < -0.4 is 5.32 Å². The van der Waals surface area contributed by atoms with Crippen LogP contribution in [-0.4, -0.2) is 30.9 Å². The summed E-state index contributed by atoms with van der Waals surface area (Å²) in [5.41, 5.74) is 0. The van der Waals surface area contributed by atoms with E-state index < -0.39 is 11.3 Å². The molecule has 0 bridgehead atoms. The van der Waals surface area contributed by atoms with Gasteiger partial charge in [-0.1, -0.05) is 13.8 Å². The molecule has 1 N–H and O–H groups in total. The Bertz CT molecular complexity index is 208. The van der Waals surface area contributed by atoms with Crippen molar-refractivity contribution >= 4 is 23.5 Å². The SMILES string of the molecule is CCC(C)C(=O)NCC(Cl)C(=O)OC. The normalized spacial score (nSPS) is 14.3. The van der Waals surface area contributed by atoms with Crippen LogP contribution in [0, 0.1) is 5.92 Å². The third kappa shape index (κ3) is 4.46. The number of hydrogen-bond acceptors (Lipinski definition) is 3. The Kier molecular flexibility index (Phi) is 6.28. The summed E-state index contributed by atoms with van der Waals surface area (Å²) >= 11 is 5.63. The molecule has 0 spiro atoms. The fourth-order valence-electron chi connectivity index (χ4n) is 0.761. The van der Waals surface area contributed by atoms with Crippen molar-refractivity contribution in [1.82, 2.24) is 5.32 Å². The highest BCUT2D eigenvalue weighted by Crippen LogP contribution is 2.01. The van der Waals surface area contributed by atoms with Gasteiger partial charge in [0.25, 0.3) is 0 Å². The van der Waals surface area contributed by atoms with Crippen molar-refractivity contribution in [2.45, 2.75) is 25.6 Å². The molecule has 0 radical (unpaired) electrons. The smallest absolute Gasteiger partial charge is 0.325 e. The minimum absolute atomic E-state index is 0.0588. The maximum absolute atomic E-state index is 11.3. The fraction of sp³-hybridized carbons (Fsp3) is 0.778. The number of methoxy groups -OCH3 is 1. The van der Waals surface area contributed by atoms with Crippen LogP contribution in [0.15, 0.2) is 0 Å². The zero-order chi connectivity index (χ0) is 11.1. The topological polar surface area (TPSA) is 55.4 Å². The van der Waals surface area contributed by atoms with Gasteiger partial charge in [-0.05, 0) is 6.42 Å². The molecule has 0 rings (SSSR count). The Morgan fingerprint density at radius 2 is 2.07 bits per heavy atom. The predicted molar refractivity (Wildman–Crippen MR) is 54.1 cm³/mol. The molecule has 0 aliphatic carbocycles. The fourth-order valence-corrected chi connectivity index (χ4v) is 0.927. The summed E-state index contributed by atoms with van der Waals surface area (Å²) in [5.74, 6) is -0.685. The predicted octanol–water partition coefficient (Wildman–Crippen LogP) is 0.929. The van der Waals surface area contributed by atoms with Crippen LogP contribution in [0.3, 0.4) is 0 Å². The summed E-state index contributed by atoms with van der Waals surface area (Å²) in [5, 5.41) is 1.76. The van der Waals surface area contributed by atoms with Crippen LogP contribution in [-0.2, 0) is 14.3 Å². The molecule has 0 aromatic heterocycles. The van der Waals surface area contributed by atoms with Gasteiger partial charge in [-0.3, -0.25) is 9.59 Å². The van der Waals surface area contributed by atoms with E-state index in [4.69, 9.17) is 11.6 Å². The third-order valence-electron chi connectivity index (χ3n) is 1.97. The summed E-state index contributed by atoms with van der Waals surface area (Å²) in [4.78, 5) is 22.1. The van der Waals surface area contributed by atoms with Gasteiger partial charge in [-0.2, -0.15) is 0 Å². The number of ether oxygens (including phenoxy) is 1. The Morgan fingerprint density at radius 3 is 2.50 bits per heavy atom. The average molecular weight is 222 g/mol. The van der Waals surface area contributed by atoms with Gasteiger partial charge in [-0.25, -0.2) is 0 Å². The van der Waals surface area contributed by atoms with E-state index in [1.165, 1.54) is 7.11 Å². The molecule has 5 heteroatoms. The molecule has 2 unspecified atom stereocenters. The lowest BCUT2D eigenvalue weighted by Crippen LogP contribution is -2.36. The zero-order valence-electron chi connectivity index (χ0n) is 8.67. The summed E-state index contributed by atoms with van der Waals surface area (Å²) in [7, 11) is 1.26. The van der Waals surface area contributed by atoms with Gasteiger partial charge >= 0.3 is 5.97 Å². The Labute approximate surface area is 88.9 Å². The average Bonchev–Trinajstić information content (AvgIpc) is 2.22. The number of carbonyl (C=O) groups is 2. The number of nitrogens with one attached hydrogen (secondary N) is 1. The maximum atomic E-state index is 11.3. The maximum Gasteiger partial charge on any atom is 0.325 e. The minimum atomic E-state index is -0.812. The number of esters is 1. The first-order valence-corrected chi connectivity index (χ1v) is 4.96. The monoisotopic (exact) mass is 221 g/mol. The molecule has 2 atom stereocenters. The molecular weight excluding hydrogens is 206 g/mol. The van der Waals surface area contributed by atoms with Crippen LogP contribution in [0.2, 0.25) is 0 Å². The van der Waals surface area contributed by atoms with Crippen molar-refractivity contribution in [1.29, 1.82) is 0 Å². The molecule has 82 valence electrons. The van der Waals surface area contributed by atoms with E-state index in [9.17, 15) is 9.59 Å². The highest BCUT2D eigenvalue weighted by Gasteiger charge is 2.18. The largest absolute Gasteiger partial charge is 0.468 e. The van der Waals surface area contributed by atoms with Crippen molar-refractivity contribution in [3.05, 3.63) is 0 Å². The van der Waals surface area contributed by atoms with E-state index in [2.05, 4.69) is 10.1 Å². The first-order chi connectivity index (χ1) is 6.52. The number of amides is 1. The summed E-state index contributed by atoms with van der Waals surface area (Å²) in [6.45, 7) is 3.84. The second-order valence-corrected chi connectivity index (χ2v) is 3.57. The number of carbonyl (C=O) groups excluding carboxylic acids is 2. The van der Waals surface area contributed by atoms with E-state index >= 15 is 0 Å². The molecule has 4 nitrogen and oxygen atoms in total. The molecule has 0 heterocycles. The van der Waals surface area contributed by atoms with E-state index in [0.29, 0.717) is 0 Å². The Morgan fingerprint density at radius 1 is 1.50 bits per heavy atom. The molecule has 0 saturated carbocycles. The van der Waals surface area contributed by atoms with Gasteiger partial charge in [0.15, 0.2) is 0 Å². The van der Waals surface area contributed by atoms with E-state index in [1.54, 1.807) is 0 Å². The van der Waals surface area contributed by atoms with E-state index in [0.717, 1.165) is 6.42 Å². The van der Waals surface area contributed by atoms with Crippen molar-refractivity contribution in [3.8, 4) is 0 Å². The molecule has 14 heavy (non-hydrogen) atoms. The van der Waals surface area contributed by atoms with E-state index in [1.807, 2.05) is 13.8 Å². The number of halogens is 1. The molecule has 1 amide bonds. The molecule has 0 aliphatic heterocycles. The summed E-state index contributed by atoms with van der Waals surface area (Å²) in [6, 6.07) is 0. The zero-order valence-corrected chi connectivity index (χ0v) is 9.43. The summed E-state index contributed by atoms with van der Waals surface area (Å²) in [6.07, 6.45) is 0.761. The molecule has 0 aromatic rings. The molecule has 0 aromatic carbocycles. The quantitative estimate of drug-likeness (QED) is 0.555. The second kappa shape index (κ2) is 6.65. The van der Waals surface area contributed by atoms with E-state index in [-0.39, 0.29) is 18.4 Å². The van der Waals surface area contributed by atoms with Crippen molar-refractivity contribution in [3.63, 3.8) is 0 Å². The lowest BCUT2D eigenvalue weighted by molar-refractivity contribution is -0.140. The Hall–Kier alpha value is -0.770. The highest BCUT2D eigenvalue weighted by atomic mass is 35.5. The number of hydrogen-bond donors (Lipinski definition) is 1. The van der Waals surface area contributed by atoms with Gasteiger partial charge in [0, 0.05) is 12.5 Å². The van der Waals surface area contributed by atoms with Crippen LogP contribution in [0.4, 0.5) is 0 Å². The van der Waals surface area contributed by atoms with Crippen molar-refractivity contribution < 1.29 is 14.3 Å². The van der Waals surface area contributed by atoms with Gasteiger partial charge < -0.3 is 10.1 Å².